The number of carbonyl (C=O) groups is 1. The number of para-hydroxylation sites is 1. The molecule has 0 aliphatic heterocycles. The first-order valence-electron chi connectivity index (χ1n) is 8.94. The van der Waals surface area contributed by atoms with E-state index in [0.717, 1.165) is 17.1 Å². The second-order valence-corrected chi connectivity index (χ2v) is 8.73. The van der Waals surface area contributed by atoms with Crippen molar-refractivity contribution in [3.8, 4) is 0 Å². The molecule has 0 saturated heterocycles. The Morgan fingerprint density at radius 1 is 1.29 bits per heavy atom. The number of hydrogen-bond acceptors (Lipinski definition) is 7. The van der Waals surface area contributed by atoms with Crippen LogP contribution in [0.25, 0.3) is 10.9 Å². The molecule has 3 rings (SSSR count). The van der Waals surface area contributed by atoms with Crippen molar-refractivity contribution in [2.24, 2.45) is 0 Å². The highest BCUT2D eigenvalue weighted by molar-refractivity contribution is 6.68. The van der Waals surface area contributed by atoms with Gasteiger partial charge in [-0.05, 0) is 23.1 Å². The number of alkyl halides is 3. The van der Waals surface area contributed by atoms with Gasteiger partial charge in [0.2, 0.25) is 3.79 Å². The number of alkyl carbamates (subject to hydrolysis) is 1. The van der Waals surface area contributed by atoms with Gasteiger partial charge in [0.15, 0.2) is 12.0 Å². The van der Waals surface area contributed by atoms with Crippen LogP contribution in [-0.2, 0) is 11.3 Å². The molecule has 0 aliphatic carbocycles. The Morgan fingerprint density at radius 3 is 2.74 bits per heavy atom. The second kappa shape index (κ2) is 9.54. The van der Waals surface area contributed by atoms with Gasteiger partial charge in [0.05, 0.1) is 5.52 Å². The number of rotatable bonds is 7. The van der Waals surface area contributed by atoms with Gasteiger partial charge in [-0.1, -0.05) is 53.0 Å². The Balaban J connectivity index is 1.62. The standard InChI is InChI=1S/C18H17Cl3N6O4/c1-11-22-10-15(27(29)30)26(11)8-9-31-17(28)25-16(18(19,20)21)24-14-7-6-12-4-2-3-5-13(12)23-14/h2-7,10,16H,8-9H2,1H3,(H,23,24)(H,25,28). The second-order valence-electron chi connectivity index (χ2n) is 6.36. The molecule has 10 nitrogen and oxygen atoms in total. The summed E-state index contributed by atoms with van der Waals surface area (Å²) < 4.78 is 4.47. The third-order valence-electron chi connectivity index (χ3n) is 4.25. The van der Waals surface area contributed by atoms with Crippen molar-refractivity contribution in [1.82, 2.24) is 19.9 Å². The van der Waals surface area contributed by atoms with E-state index in [0.29, 0.717) is 11.6 Å². The molecule has 0 bridgehead atoms. The molecule has 31 heavy (non-hydrogen) atoms. The highest BCUT2D eigenvalue weighted by Crippen LogP contribution is 2.31. The molecule has 13 heteroatoms. The van der Waals surface area contributed by atoms with Gasteiger partial charge in [-0.15, -0.1) is 0 Å². The van der Waals surface area contributed by atoms with Crippen molar-refractivity contribution in [1.29, 1.82) is 0 Å². The zero-order valence-electron chi connectivity index (χ0n) is 16.1. The third kappa shape index (κ3) is 5.87. The van der Waals surface area contributed by atoms with Gasteiger partial charge in [-0.2, -0.15) is 0 Å². The van der Waals surface area contributed by atoms with Gasteiger partial charge in [0, 0.05) is 12.3 Å². The van der Waals surface area contributed by atoms with Gasteiger partial charge in [-0.25, -0.2) is 19.3 Å². The van der Waals surface area contributed by atoms with Crippen molar-refractivity contribution in [2.45, 2.75) is 23.4 Å². The zero-order valence-corrected chi connectivity index (χ0v) is 18.4. The minimum Gasteiger partial charge on any atom is -0.445 e. The number of nitrogens with one attached hydrogen (secondary N) is 2. The van der Waals surface area contributed by atoms with E-state index in [4.69, 9.17) is 39.5 Å². The first-order valence-corrected chi connectivity index (χ1v) is 10.1. The van der Waals surface area contributed by atoms with Crippen LogP contribution in [0.4, 0.5) is 16.4 Å². The SMILES string of the molecule is Cc1ncc([N+](=O)[O-])n1CCOC(=O)NC(Nc1ccc2ccccc2n1)C(Cl)(Cl)Cl. The maximum absolute atomic E-state index is 12.2. The predicted octanol–water partition coefficient (Wildman–Crippen LogP) is 4.18. The van der Waals surface area contributed by atoms with E-state index in [1.165, 1.54) is 4.57 Å². The van der Waals surface area contributed by atoms with E-state index in [1.54, 1.807) is 13.0 Å². The Kier molecular flexibility index (Phi) is 7.04. The lowest BCUT2D eigenvalue weighted by molar-refractivity contribution is -0.392. The number of aromatic nitrogens is 3. The van der Waals surface area contributed by atoms with Gasteiger partial charge < -0.3 is 20.2 Å². The van der Waals surface area contributed by atoms with E-state index in [-0.39, 0.29) is 19.0 Å². The summed E-state index contributed by atoms with van der Waals surface area (Å²) in [5.41, 5.74) is 0.718. The largest absolute Gasteiger partial charge is 0.445 e. The van der Waals surface area contributed by atoms with Crippen LogP contribution in [0, 0.1) is 17.0 Å². The van der Waals surface area contributed by atoms with Gasteiger partial charge in [0.1, 0.15) is 25.2 Å². The van der Waals surface area contributed by atoms with Crippen LogP contribution in [0.3, 0.4) is 0 Å². The first-order chi connectivity index (χ1) is 14.6. The maximum atomic E-state index is 12.2. The third-order valence-corrected chi connectivity index (χ3v) is 4.90. The minimum absolute atomic E-state index is 0.0354. The fourth-order valence-electron chi connectivity index (χ4n) is 2.76. The Morgan fingerprint density at radius 2 is 2.03 bits per heavy atom. The van der Waals surface area contributed by atoms with Crippen LogP contribution in [0.15, 0.2) is 42.6 Å². The highest BCUT2D eigenvalue weighted by Gasteiger charge is 2.35. The van der Waals surface area contributed by atoms with Crippen LogP contribution in [-0.4, -0.2) is 42.1 Å². The van der Waals surface area contributed by atoms with Gasteiger partial charge in [0.25, 0.3) is 0 Å². The number of pyridine rings is 1. The summed E-state index contributed by atoms with van der Waals surface area (Å²) in [6, 6.07) is 11.0. The van der Waals surface area contributed by atoms with Crippen molar-refractivity contribution >= 4 is 63.4 Å². The molecule has 1 atom stereocenters. The summed E-state index contributed by atoms with van der Waals surface area (Å²) in [7, 11) is 0. The van der Waals surface area contributed by atoms with Crippen LogP contribution >= 0.6 is 34.8 Å². The number of ether oxygens (including phenoxy) is 1. The number of fused-ring (bicyclic) bond motifs is 1. The number of imidazole rings is 1. The fraction of sp³-hybridized carbons (Fsp3) is 0.278. The molecule has 0 saturated carbocycles. The predicted molar refractivity (Wildman–Crippen MR) is 118 cm³/mol. The number of nitro groups is 1. The van der Waals surface area contributed by atoms with Gasteiger partial charge in [-0.3, -0.25) is 5.32 Å². The van der Waals surface area contributed by atoms with E-state index in [1.807, 2.05) is 30.3 Å². The molecular weight excluding hydrogens is 471 g/mol. The van der Waals surface area contributed by atoms with E-state index in [2.05, 4.69) is 20.6 Å². The topological polar surface area (TPSA) is 124 Å². The molecule has 0 aliphatic rings. The van der Waals surface area contributed by atoms with Crippen molar-refractivity contribution in [3.63, 3.8) is 0 Å². The molecular formula is C18H17Cl3N6O4. The Hall–Kier alpha value is -2.82. The molecule has 3 aromatic rings. The number of halogens is 3. The van der Waals surface area contributed by atoms with Crippen molar-refractivity contribution in [3.05, 3.63) is 58.5 Å². The smallest absolute Gasteiger partial charge is 0.409 e. The van der Waals surface area contributed by atoms with Crippen LogP contribution < -0.4 is 10.6 Å². The minimum atomic E-state index is -1.92. The number of aryl methyl sites for hydroxylation is 1. The molecule has 2 N–H and O–H groups in total. The number of benzene rings is 1. The number of anilines is 1. The monoisotopic (exact) mass is 486 g/mol. The summed E-state index contributed by atoms with van der Waals surface area (Å²) in [6.07, 6.45) is -0.914. The fourth-order valence-corrected chi connectivity index (χ4v) is 3.09. The van der Waals surface area contributed by atoms with Crippen LogP contribution in [0.5, 0.6) is 0 Å². The lowest BCUT2D eigenvalue weighted by Crippen LogP contribution is -2.49. The highest BCUT2D eigenvalue weighted by atomic mass is 35.6. The molecule has 1 aromatic carbocycles. The van der Waals surface area contributed by atoms with Crippen molar-refractivity contribution in [2.75, 3.05) is 11.9 Å². The summed E-state index contributed by atoms with van der Waals surface area (Å²) in [5.74, 6) is 0.587. The molecule has 2 heterocycles. The number of amides is 1. The molecule has 1 amide bonds. The molecule has 1 unspecified atom stereocenters. The average molecular weight is 488 g/mol. The van der Waals surface area contributed by atoms with Crippen LogP contribution in [0.1, 0.15) is 5.82 Å². The zero-order chi connectivity index (χ0) is 22.6. The summed E-state index contributed by atoms with van der Waals surface area (Å²) in [4.78, 5) is 30.9. The number of carbonyl (C=O) groups excluding carboxylic acids is 1. The van der Waals surface area contributed by atoms with Crippen molar-refractivity contribution < 1.29 is 14.5 Å². The van der Waals surface area contributed by atoms with Gasteiger partial charge >= 0.3 is 11.9 Å². The summed E-state index contributed by atoms with van der Waals surface area (Å²) >= 11 is 18.0. The summed E-state index contributed by atoms with van der Waals surface area (Å²) in [5, 5.41) is 17.2. The quantitative estimate of drug-likeness (QED) is 0.222. The maximum Gasteiger partial charge on any atom is 0.409 e. The Bertz CT molecular complexity index is 1100. The van der Waals surface area contributed by atoms with E-state index < -0.39 is 21.0 Å². The molecule has 0 fully saturated rings. The average Bonchev–Trinajstić information content (AvgIpc) is 3.07. The molecule has 2 aromatic heterocycles. The molecule has 0 spiro atoms. The number of hydrogen-bond donors (Lipinski definition) is 2. The number of nitrogens with zero attached hydrogens (tertiary/aromatic N) is 4. The first kappa shape index (κ1) is 22.9. The normalized spacial score (nSPS) is 12.4. The van der Waals surface area contributed by atoms with E-state index in [9.17, 15) is 14.9 Å². The van der Waals surface area contributed by atoms with E-state index >= 15 is 0 Å². The summed E-state index contributed by atoms with van der Waals surface area (Å²) in [6.45, 7) is 1.48. The lowest BCUT2D eigenvalue weighted by Gasteiger charge is -2.26. The van der Waals surface area contributed by atoms with Crippen LogP contribution in [0.2, 0.25) is 0 Å². The molecule has 164 valence electrons. The molecule has 0 radical (unpaired) electrons. The lowest BCUT2D eigenvalue weighted by atomic mass is 10.2. The Labute approximate surface area is 191 Å².